The Morgan fingerprint density at radius 1 is 0.922 bits per heavy atom. The number of aliphatic hydroxyl groups is 1. The van der Waals surface area contributed by atoms with Gasteiger partial charge in [0.05, 0.1) is 37.1 Å². The van der Waals surface area contributed by atoms with Crippen LogP contribution in [0.25, 0.3) is 11.3 Å². The van der Waals surface area contributed by atoms with E-state index in [9.17, 15) is 24.3 Å². The number of piperidine rings is 1. The average molecular weight is 917 g/mol. The number of hydrogen-bond acceptors (Lipinski definition) is 8. The third-order valence-electron chi connectivity index (χ3n) is 13.3. The van der Waals surface area contributed by atoms with E-state index in [-0.39, 0.29) is 41.1 Å². The second-order valence-electron chi connectivity index (χ2n) is 18.1. The second-order valence-corrected chi connectivity index (χ2v) is 18.9. The fraction of sp³-hybridized carbons (Fsp3) is 0.479. The Kier molecular flexibility index (Phi) is 14.0. The van der Waals surface area contributed by atoms with Gasteiger partial charge in [-0.25, -0.2) is 9.37 Å². The van der Waals surface area contributed by atoms with E-state index >= 15 is 4.39 Å². The van der Waals surface area contributed by atoms with Crippen LogP contribution in [0, 0.1) is 17.7 Å². The number of nitrogens with zero attached hydrogens (tertiary/aromatic N) is 5. The lowest BCUT2D eigenvalue weighted by Crippen LogP contribution is -2.65. The predicted octanol–water partition coefficient (Wildman–Crippen LogP) is 6.66. The standard InChI is InChI=1S/C48H56Cl2FN7O6/c1-30-45(61)53-40(28-59)46(62)54-48(24-32-8-12-35(49)13-9-32)16-5-19-57(29-48)47(63)34(20-31-6-7-31)21-44(60)58(30)26-38-39(51)22-36(50)23-42(38)64-37-14-10-33(11-15-37)41-25-52-43(55(41)2)27-56-17-3-4-18-56/h8-15,22-23,25,30-31,34,40,59H,3-7,16-21,24,26-29H2,1-2H3,(H,53,61)(H,54,62)/t30-,34+,40-,48+/m0/s1. The number of benzene rings is 3. The number of hydrogen-bond donors (Lipinski definition) is 3. The van der Waals surface area contributed by atoms with Crippen LogP contribution in [0.4, 0.5) is 4.39 Å². The average Bonchev–Trinajstić information content (AvgIpc) is 3.80. The Morgan fingerprint density at radius 2 is 1.66 bits per heavy atom. The van der Waals surface area contributed by atoms with Gasteiger partial charge >= 0.3 is 0 Å². The summed E-state index contributed by atoms with van der Waals surface area (Å²) in [6.45, 7) is 3.83. The van der Waals surface area contributed by atoms with Crippen LogP contribution in [0.5, 0.6) is 11.5 Å². The number of aliphatic hydroxyl groups excluding tert-OH is 1. The van der Waals surface area contributed by atoms with Crippen molar-refractivity contribution in [2.45, 2.75) is 95.4 Å². The molecule has 16 heteroatoms. The zero-order chi connectivity index (χ0) is 45.1. The van der Waals surface area contributed by atoms with Crippen molar-refractivity contribution in [3.8, 4) is 22.8 Å². The van der Waals surface area contributed by atoms with E-state index in [1.54, 1.807) is 29.2 Å². The topological polar surface area (TPSA) is 149 Å². The summed E-state index contributed by atoms with van der Waals surface area (Å²) in [5, 5.41) is 16.9. The van der Waals surface area contributed by atoms with Gasteiger partial charge in [0.25, 0.3) is 0 Å². The first-order valence-electron chi connectivity index (χ1n) is 22.3. The number of rotatable bonds is 12. The zero-order valence-electron chi connectivity index (χ0n) is 36.3. The van der Waals surface area contributed by atoms with Crippen molar-refractivity contribution in [2.24, 2.45) is 18.9 Å². The van der Waals surface area contributed by atoms with Crippen LogP contribution >= 0.6 is 23.2 Å². The normalized spacial score (nSPS) is 23.8. The van der Waals surface area contributed by atoms with Crippen molar-refractivity contribution in [3.05, 3.63) is 99.7 Å². The van der Waals surface area contributed by atoms with Crippen LogP contribution in [-0.2, 0) is 45.7 Å². The van der Waals surface area contributed by atoms with Crippen molar-refractivity contribution >= 4 is 46.8 Å². The molecule has 4 fully saturated rings. The fourth-order valence-corrected chi connectivity index (χ4v) is 9.77. The first kappa shape index (κ1) is 45.5. The summed E-state index contributed by atoms with van der Waals surface area (Å²) in [5.41, 5.74) is 1.76. The summed E-state index contributed by atoms with van der Waals surface area (Å²) in [6.07, 6.45) is 7.87. The molecule has 4 amide bonds. The molecular weight excluding hydrogens is 860 g/mol. The molecule has 1 aromatic heterocycles. The Morgan fingerprint density at radius 3 is 2.36 bits per heavy atom. The van der Waals surface area contributed by atoms with Crippen LogP contribution in [0.2, 0.25) is 10.0 Å². The molecule has 1 aliphatic carbocycles. The molecule has 0 radical (unpaired) electrons. The second kappa shape index (κ2) is 19.6. The van der Waals surface area contributed by atoms with E-state index in [1.807, 2.05) is 37.5 Å². The molecule has 3 N–H and O–H groups in total. The third-order valence-corrected chi connectivity index (χ3v) is 13.7. The molecule has 4 aromatic rings. The number of aromatic nitrogens is 2. The molecule has 340 valence electrons. The minimum absolute atomic E-state index is 0.0366. The first-order chi connectivity index (χ1) is 30.8. The van der Waals surface area contributed by atoms with Gasteiger partial charge in [-0.3, -0.25) is 24.1 Å². The van der Waals surface area contributed by atoms with Crippen molar-refractivity contribution in [1.29, 1.82) is 0 Å². The lowest BCUT2D eigenvalue weighted by molar-refractivity contribution is -0.148. The summed E-state index contributed by atoms with van der Waals surface area (Å²) < 4.78 is 24.6. The Bertz CT molecular complexity index is 2350. The maximum Gasteiger partial charge on any atom is 0.245 e. The highest BCUT2D eigenvalue weighted by Gasteiger charge is 2.44. The molecule has 4 atom stereocenters. The molecule has 3 aliphatic heterocycles. The van der Waals surface area contributed by atoms with Gasteiger partial charge in [0.1, 0.15) is 35.2 Å². The Labute approximate surface area is 383 Å². The van der Waals surface area contributed by atoms with Crippen LogP contribution in [-0.4, -0.2) is 103 Å². The highest BCUT2D eigenvalue weighted by molar-refractivity contribution is 6.31. The van der Waals surface area contributed by atoms with E-state index in [0.717, 1.165) is 61.2 Å². The minimum Gasteiger partial charge on any atom is -0.457 e. The lowest BCUT2D eigenvalue weighted by Gasteiger charge is -2.45. The van der Waals surface area contributed by atoms with Crippen LogP contribution in [0.3, 0.4) is 0 Å². The number of likely N-dealkylation sites (tertiary alicyclic amines) is 1. The largest absolute Gasteiger partial charge is 0.457 e. The molecular formula is C48H56Cl2FN7O6. The van der Waals surface area contributed by atoms with Gasteiger partial charge in [-0.15, -0.1) is 0 Å². The van der Waals surface area contributed by atoms with E-state index < -0.39 is 60.2 Å². The number of ether oxygens (including phenoxy) is 1. The number of halogens is 3. The molecule has 0 spiro atoms. The van der Waals surface area contributed by atoms with Gasteiger partial charge in [-0.2, -0.15) is 0 Å². The summed E-state index contributed by atoms with van der Waals surface area (Å²) in [4.78, 5) is 67.6. The van der Waals surface area contributed by atoms with Crippen molar-refractivity contribution in [3.63, 3.8) is 0 Å². The Hall–Kier alpha value is -5.02. The number of fused-ring (bicyclic) bond motifs is 2. The van der Waals surface area contributed by atoms with Crippen molar-refractivity contribution in [2.75, 3.05) is 32.8 Å². The zero-order valence-corrected chi connectivity index (χ0v) is 37.8. The minimum atomic E-state index is -1.39. The van der Waals surface area contributed by atoms with Crippen LogP contribution in [0.15, 0.2) is 66.9 Å². The molecule has 3 saturated heterocycles. The van der Waals surface area contributed by atoms with E-state index in [2.05, 4.69) is 25.1 Å². The third kappa shape index (κ3) is 10.6. The first-order valence-corrected chi connectivity index (χ1v) is 23.1. The van der Waals surface area contributed by atoms with Crippen molar-refractivity contribution < 1.29 is 33.4 Å². The summed E-state index contributed by atoms with van der Waals surface area (Å²) in [6, 6.07) is 14.5. The predicted molar refractivity (Wildman–Crippen MR) is 241 cm³/mol. The summed E-state index contributed by atoms with van der Waals surface area (Å²) in [5.74, 6) is -1.94. The fourth-order valence-electron chi connectivity index (χ4n) is 9.45. The SMILES string of the molecule is C[C@H]1C(=O)N[C@@H](CO)C(=O)N[C@@]2(Cc3ccc(Cl)cc3)CCCN(C2)C(=O)[C@H](CC2CC2)CC(=O)N1Cc1c(F)cc(Cl)cc1Oc1ccc(-c2cnc(CN3CCCC3)n2C)cc1. The van der Waals surface area contributed by atoms with Crippen LogP contribution in [0.1, 0.15) is 75.2 Å². The number of carbonyl (C=O) groups is 4. The Balaban J connectivity index is 1.07. The van der Waals surface area contributed by atoms with Crippen LogP contribution < -0.4 is 15.4 Å². The number of carbonyl (C=O) groups excluding carboxylic acids is 4. The number of amides is 4. The van der Waals surface area contributed by atoms with Gasteiger partial charge in [0.2, 0.25) is 23.6 Å². The molecule has 64 heavy (non-hydrogen) atoms. The molecule has 0 unspecified atom stereocenters. The molecule has 13 nitrogen and oxygen atoms in total. The van der Waals surface area contributed by atoms with Gasteiger partial charge in [0.15, 0.2) is 0 Å². The van der Waals surface area contributed by atoms with Gasteiger partial charge < -0.3 is 34.8 Å². The quantitative estimate of drug-likeness (QED) is 0.143. The maximum atomic E-state index is 16.2. The molecule has 2 bridgehead atoms. The molecule has 4 aliphatic rings. The summed E-state index contributed by atoms with van der Waals surface area (Å²) in [7, 11) is 1.99. The summed E-state index contributed by atoms with van der Waals surface area (Å²) >= 11 is 12.6. The number of nitrogens with one attached hydrogen (secondary N) is 2. The molecule has 3 aromatic carbocycles. The highest BCUT2D eigenvalue weighted by Crippen LogP contribution is 2.39. The smallest absolute Gasteiger partial charge is 0.245 e. The van der Waals surface area contributed by atoms with Crippen molar-refractivity contribution in [1.82, 2.24) is 34.9 Å². The molecule has 8 rings (SSSR count). The monoisotopic (exact) mass is 915 g/mol. The van der Waals surface area contributed by atoms with Gasteiger partial charge in [0, 0.05) is 53.6 Å². The maximum absolute atomic E-state index is 16.2. The van der Waals surface area contributed by atoms with E-state index in [1.165, 1.54) is 30.7 Å². The van der Waals surface area contributed by atoms with E-state index in [0.29, 0.717) is 43.0 Å². The number of imidazole rings is 1. The molecule has 1 saturated carbocycles. The van der Waals surface area contributed by atoms with Gasteiger partial charge in [-0.1, -0.05) is 48.2 Å². The highest BCUT2D eigenvalue weighted by atomic mass is 35.5. The van der Waals surface area contributed by atoms with Gasteiger partial charge in [-0.05, 0) is 119 Å². The lowest BCUT2D eigenvalue weighted by atomic mass is 9.81. The molecule has 4 heterocycles. The van der Waals surface area contributed by atoms with E-state index in [4.69, 9.17) is 27.9 Å².